The Kier molecular flexibility index (Phi) is 5.06. The minimum absolute atomic E-state index is 0.0498. The molecule has 0 unspecified atom stereocenters. The average Bonchev–Trinajstić information content (AvgIpc) is 3.24. The van der Waals surface area contributed by atoms with Crippen LogP contribution in [-0.2, 0) is 26.2 Å². The minimum atomic E-state index is -0.0498. The van der Waals surface area contributed by atoms with Gasteiger partial charge in [0.15, 0.2) is 0 Å². The van der Waals surface area contributed by atoms with Crippen LogP contribution in [0, 0.1) is 0 Å². The molecule has 4 rings (SSSR count). The van der Waals surface area contributed by atoms with E-state index in [9.17, 15) is 0 Å². The normalized spacial score (nSPS) is 18.8. The van der Waals surface area contributed by atoms with Crippen LogP contribution in [-0.4, -0.2) is 41.1 Å². The van der Waals surface area contributed by atoms with Gasteiger partial charge < -0.3 is 14.3 Å². The third kappa shape index (κ3) is 4.06. The second-order valence-corrected chi connectivity index (χ2v) is 7.01. The van der Waals surface area contributed by atoms with Gasteiger partial charge in [-0.3, -0.25) is 9.80 Å². The van der Waals surface area contributed by atoms with E-state index < -0.39 is 0 Å². The lowest BCUT2D eigenvalue weighted by Crippen LogP contribution is -2.25. The van der Waals surface area contributed by atoms with E-state index in [2.05, 4.69) is 28.0 Å². The van der Waals surface area contributed by atoms with E-state index in [4.69, 9.17) is 14.3 Å². The van der Waals surface area contributed by atoms with Crippen molar-refractivity contribution in [1.82, 2.24) is 9.80 Å². The maximum absolute atomic E-state index is 9.15. The van der Waals surface area contributed by atoms with E-state index in [-0.39, 0.29) is 6.61 Å². The summed E-state index contributed by atoms with van der Waals surface area (Å²) in [6.45, 7) is 6.56. The molecule has 1 aromatic carbocycles. The highest BCUT2D eigenvalue weighted by molar-refractivity contribution is 5.38. The first-order chi connectivity index (χ1) is 12.3. The molecule has 2 aromatic rings. The van der Waals surface area contributed by atoms with Crippen molar-refractivity contribution in [3.63, 3.8) is 0 Å². The van der Waals surface area contributed by atoms with Gasteiger partial charge in [0.2, 0.25) is 0 Å². The van der Waals surface area contributed by atoms with E-state index in [0.717, 1.165) is 37.7 Å². The van der Waals surface area contributed by atoms with Crippen LogP contribution in [0.3, 0.4) is 0 Å². The van der Waals surface area contributed by atoms with Gasteiger partial charge in [0.1, 0.15) is 30.5 Å². The molecule has 5 heteroatoms. The molecule has 1 saturated heterocycles. The molecule has 3 heterocycles. The van der Waals surface area contributed by atoms with Crippen molar-refractivity contribution in [3.8, 4) is 5.75 Å². The lowest BCUT2D eigenvalue weighted by atomic mass is 10.1. The van der Waals surface area contributed by atoms with Gasteiger partial charge in [-0.15, -0.1) is 0 Å². The molecular weight excluding hydrogens is 316 g/mol. The van der Waals surface area contributed by atoms with Gasteiger partial charge in [0.05, 0.1) is 6.54 Å². The third-order valence-electron chi connectivity index (χ3n) is 5.04. The molecule has 5 nitrogen and oxygen atoms in total. The summed E-state index contributed by atoms with van der Waals surface area (Å²) in [5, 5.41) is 9.15. The number of furan rings is 1. The van der Waals surface area contributed by atoms with Gasteiger partial charge in [-0.25, -0.2) is 0 Å². The monoisotopic (exact) mass is 342 g/mol. The lowest BCUT2D eigenvalue weighted by molar-refractivity contribution is 0.197. The van der Waals surface area contributed by atoms with Crippen LogP contribution in [0.2, 0.25) is 0 Å². The Balaban J connectivity index is 1.46. The van der Waals surface area contributed by atoms with E-state index in [1.807, 2.05) is 12.1 Å². The first-order valence-electron chi connectivity index (χ1n) is 9.18. The molecule has 0 saturated carbocycles. The Labute approximate surface area is 148 Å². The highest BCUT2D eigenvalue weighted by Gasteiger charge is 2.18. The molecule has 0 amide bonds. The molecule has 2 aliphatic heterocycles. The zero-order valence-electron chi connectivity index (χ0n) is 14.6. The maximum atomic E-state index is 9.15. The summed E-state index contributed by atoms with van der Waals surface area (Å²) >= 11 is 0. The standard InChI is InChI=1S/C20H26N2O3/c23-15-19-5-4-18(25-19)14-22-9-10-24-20-6-3-16(11-17(20)13-22)12-21-7-1-2-8-21/h3-6,11,23H,1-2,7-10,12-15H2. The molecular formula is C20H26N2O3. The highest BCUT2D eigenvalue weighted by Crippen LogP contribution is 2.26. The third-order valence-corrected chi connectivity index (χ3v) is 5.04. The van der Waals surface area contributed by atoms with Gasteiger partial charge in [-0.05, 0) is 55.8 Å². The van der Waals surface area contributed by atoms with Crippen LogP contribution in [0.25, 0.3) is 0 Å². The zero-order valence-corrected chi connectivity index (χ0v) is 14.6. The number of likely N-dealkylation sites (tertiary alicyclic amines) is 1. The molecule has 1 N–H and O–H groups in total. The van der Waals surface area contributed by atoms with Crippen molar-refractivity contribution in [2.45, 2.75) is 39.1 Å². The number of hydrogen-bond donors (Lipinski definition) is 1. The van der Waals surface area contributed by atoms with Crippen LogP contribution in [0.4, 0.5) is 0 Å². The SMILES string of the molecule is OCc1ccc(CN2CCOc3ccc(CN4CCCC4)cc3C2)o1. The largest absolute Gasteiger partial charge is 0.492 e. The smallest absolute Gasteiger partial charge is 0.129 e. The summed E-state index contributed by atoms with van der Waals surface area (Å²) in [6, 6.07) is 10.4. The molecule has 0 spiro atoms. The predicted molar refractivity (Wildman–Crippen MR) is 95.2 cm³/mol. The van der Waals surface area contributed by atoms with Crippen LogP contribution in [0.1, 0.15) is 35.5 Å². The molecule has 0 aliphatic carbocycles. The van der Waals surface area contributed by atoms with Gasteiger partial charge in [0, 0.05) is 25.2 Å². The van der Waals surface area contributed by atoms with Crippen molar-refractivity contribution < 1.29 is 14.3 Å². The van der Waals surface area contributed by atoms with Crippen LogP contribution in [0.5, 0.6) is 5.75 Å². The molecule has 2 aliphatic rings. The summed E-state index contributed by atoms with van der Waals surface area (Å²) in [5.74, 6) is 2.51. The molecule has 134 valence electrons. The lowest BCUT2D eigenvalue weighted by Gasteiger charge is -2.19. The van der Waals surface area contributed by atoms with E-state index in [0.29, 0.717) is 12.4 Å². The first-order valence-corrected chi connectivity index (χ1v) is 9.18. The number of aliphatic hydroxyl groups excluding tert-OH is 1. The highest BCUT2D eigenvalue weighted by atomic mass is 16.5. The number of rotatable bonds is 5. The van der Waals surface area contributed by atoms with E-state index >= 15 is 0 Å². The fourth-order valence-corrected chi connectivity index (χ4v) is 3.75. The second kappa shape index (κ2) is 7.60. The zero-order chi connectivity index (χ0) is 17.1. The Hall–Kier alpha value is -1.82. The van der Waals surface area contributed by atoms with Crippen molar-refractivity contribution in [1.29, 1.82) is 0 Å². The quantitative estimate of drug-likeness (QED) is 0.905. The van der Waals surface area contributed by atoms with Crippen LogP contribution in [0.15, 0.2) is 34.7 Å². The number of nitrogens with zero attached hydrogens (tertiary/aromatic N) is 2. The van der Waals surface area contributed by atoms with Gasteiger partial charge in [-0.2, -0.15) is 0 Å². The van der Waals surface area contributed by atoms with Crippen molar-refractivity contribution in [2.75, 3.05) is 26.2 Å². The van der Waals surface area contributed by atoms with Crippen molar-refractivity contribution in [2.24, 2.45) is 0 Å². The van der Waals surface area contributed by atoms with E-state index in [1.165, 1.54) is 37.1 Å². The predicted octanol–water partition coefficient (Wildman–Crippen LogP) is 2.76. The van der Waals surface area contributed by atoms with Gasteiger partial charge in [-0.1, -0.05) is 6.07 Å². The minimum Gasteiger partial charge on any atom is -0.492 e. The Morgan fingerprint density at radius 2 is 1.76 bits per heavy atom. The van der Waals surface area contributed by atoms with E-state index in [1.54, 1.807) is 0 Å². The number of ether oxygens (including phenoxy) is 1. The fraction of sp³-hybridized carbons (Fsp3) is 0.500. The molecule has 25 heavy (non-hydrogen) atoms. The van der Waals surface area contributed by atoms with Crippen molar-refractivity contribution in [3.05, 3.63) is 53.0 Å². The summed E-state index contributed by atoms with van der Waals surface area (Å²) in [4.78, 5) is 4.86. The molecule has 0 atom stereocenters. The molecule has 1 fully saturated rings. The summed E-state index contributed by atoms with van der Waals surface area (Å²) < 4.78 is 11.6. The Bertz CT molecular complexity index is 707. The molecule has 0 bridgehead atoms. The Morgan fingerprint density at radius 3 is 2.56 bits per heavy atom. The first kappa shape index (κ1) is 16.6. The average molecular weight is 342 g/mol. The number of aliphatic hydroxyl groups is 1. The second-order valence-electron chi connectivity index (χ2n) is 7.01. The number of hydrogen-bond acceptors (Lipinski definition) is 5. The number of fused-ring (bicyclic) bond motifs is 1. The number of benzene rings is 1. The summed E-state index contributed by atoms with van der Waals surface area (Å²) in [7, 11) is 0. The topological polar surface area (TPSA) is 49.1 Å². The fourth-order valence-electron chi connectivity index (χ4n) is 3.75. The Morgan fingerprint density at radius 1 is 0.920 bits per heavy atom. The summed E-state index contributed by atoms with van der Waals surface area (Å²) in [5.41, 5.74) is 2.62. The van der Waals surface area contributed by atoms with Gasteiger partial charge in [0.25, 0.3) is 0 Å². The maximum Gasteiger partial charge on any atom is 0.129 e. The van der Waals surface area contributed by atoms with Crippen LogP contribution < -0.4 is 4.74 Å². The van der Waals surface area contributed by atoms with Crippen LogP contribution >= 0.6 is 0 Å². The van der Waals surface area contributed by atoms with Gasteiger partial charge >= 0.3 is 0 Å². The van der Waals surface area contributed by atoms with Crippen molar-refractivity contribution >= 4 is 0 Å². The molecule has 0 radical (unpaired) electrons. The summed E-state index contributed by atoms with van der Waals surface area (Å²) in [6.07, 6.45) is 2.64. The molecule has 1 aromatic heterocycles.